The number of hydrogen-bond acceptors (Lipinski definition) is 5. The number of ketones is 1. The van der Waals surface area contributed by atoms with E-state index in [9.17, 15) is 4.79 Å². The van der Waals surface area contributed by atoms with Gasteiger partial charge in [-0.2, -0.15) is 0 Å². The number of Topliss-reactive ketones (excluding diaryl/α,β-unsaturated/α-hetero) is 1. The summed E-state index contributed by atoms with van der Waals surface area (Å²) in [4.78, 5) is 13.5. The molecule has 1 aliphatic carbocycles. The predicted octanol–water partition coefficient (Wildman–Crippen LogP) is 5.27. The second kappa shape index (κ2) is 9.68. The normalized spacial score (nSPS) is 18.8. The Labute approximate surface area is 172 Å². The highest BCUT2D eigenvalue weighted by atomic mass is 16.5. The zero-order chi connectivity index (χ0) is 20.8. The lowest BCUT2D eigenvalue weighted by Crippen LogP contribution is -2.26. The van der Waals surface area contributed by atoms with Gasteiger partial charge < -0.3 is 18.9 Å². The van der Waals surface area contributed by atoms with Crippen LogP contribution in [0.3, 0.4) is 0 Å². The van der Waals surface area contributed by atoms with Gasteiger partial charge in [-0.3, -0.25) is 4.79 Å². The van der Waals surface area contributed by atoms with Crippen molar-refractivity contribution in [2.75, 3.05) is 27.9 Å². The maximum absolute atomic E-state index is 13.5. The molecular formula is C24H30O5. The van der Waals surface area contributed by atoms with Crippen molar-refractivity contribution in [2.24, 2.45) is 5.92 Å². The van der Waals surface area contributed by atoms with Crippen molar-refractivity contribution >= 4 is 5.78 Å². The van der Waals surface area contributed by atoms with Gasteiger partial charge in [0.05, 0.1) is 27.9 Å². The van der Waals surface area contributed by atoms with Gasteiger partial charge in [-0.1, -0.05) is 25.0 Å². The Balaban J connectivity index is 1.91. The number of rotatable bonds is 8. The molecule has 5 heteroatoms. The van der Waals surface area contributed by atoms with E-state index in [-0.39, 0.29) is 17.6 Å². The zero-order valence-corrected chi connectivity index (χ0v) is 17.7. The van der Waals surface area contributed by atoms with Gasteiger partial charge in [-0.05, 0) is 55.5 Å². The molecule has 0 aliphatic heterocycles. The van der Waals surface area contributed by atoms with Crippen molar-refractivity contribution in [3.63, 3.8) is 0 Å². The molecule has 156 valence electrons. The SMILES string of the molecule is CCOc1ccc(C2CCCCC2C(=O)c2cc(OC)c(OC)c(OC)c2)cc1. The molecule has 2 aromatic carbocycles. The van der Waals surface area contributed by atoms with Crippen molar-refractivity contribution in [3.05, 3.63) is 47.5 Å². The third kappa shape index (κ3) is 4.50. The summed E-state index contributed by atoms with van der Waals surface area (Å²) in [7, 11) is 4.69. The van der Waals surface area contributed by atoms with Crippen molar-refractivity contribution in [1.29, 1.82) is 0 Å². The lowest BCUT2D eigenvalue weighted by molar-refractivity contribution is 0.0867. The molecule has 0 saturated heterocycles. The van der Waals surface area contributed by atoms with Crippen molar-refractivity contribution in [1.82, 2.24) is 0 Å². The van der Waals surface area contributed by atoms with Crippen LogP contribution in [0.2, 0.25) is 0 Å². The van der Waals surface area contributed by atoms with Crippen LogP contribution >= 0.6 is 0 Å². The van der Waals surface area contributed by atoms with Crippen LogP contribution in [0.25, 0.3) is 0 Å². The van der Waals surface area contributed by atoms with Crippen LogP contribution in [0, 0.1) is 5.92 Å². The molecule has 3 rings (SSSR count). The average molecular weight is 398 g/mol. The first-order chi connectivity index (χ1) is 14.1. The maximum atomic E-state index is 13.5. The minimum atomic E-state index is -0.0653. The third-order valence-electron chi connectivity index (χ3n) is 5.67. The molecular weight excluding hydrogens is 368 g/mol. The van der Waals surface area contributed by atoms with Gasteiger partial charge in [0.15, 0.2) is 17.3 Å². The smallest absolute Gasteiger partial charge is 0.203 e. The molecule has 0 bridgehead atoms. The number of carbonyl (C=O) groups is 1. The maximum Gasteiger partial charge on any atom is 0.203 e. The lowest BCUT2D eigenvalue weighted by Gasteiger charge is -2.31. The second-order valence-electron chi connectivity index (χ2n) is 7.28. The number of ether oxygens (including phenoxy) is 4. The summed E-state index contributed by atoms with van der Waals surface area (Å²) in [6.07, 6.45) is 4.09. The van der Waals surface area contributed by atoms with E-state index in [4.69, 9.17) is 18.9 Å². The van der Waals surface area contributed by atoms with Crippen molar-refractivity contribution in [2.45, 2.75) is 38.5 Å². The molecule has 1 saturated carbocycles. The van der Waals surface area contributed by atoms with Crippen LogP contribution < -0.4 is 18.9 Å². The number of benzene rings is 2. The Hall–Kier alpha value is -2.69. The Kier molecular flexibility index (Phi) is 7.02. The first-order valence-electron chi connectivity index (χ1n) is 10.2. The van der Waals surface area contributed by atoms with Crippen LogP contribution in [0.4, 0.5) is 0 Å². The van der Waals surface area contributed by atoms with E-state index in [0.29, 0.717) is 29.4 Å². The Morgan fingerprint density at radius 2 is 1.55 bits per heavy atom. The van der Waals surface area contributed by atoms with Crippen molar-refractivity contribution in [3.8, 4) is 23.0 Å². The van der Waals surface area contributed by atoms with Crippen LogP contribution in [0.5, 0.6) is 23.0 Å². The molecule has 2 aromatic rings. The van der Waals surface area contributed by atoms with Gasteiger partial charge in [0.2, 0.25) is 5.75 Å². The summed E-state index contributed by atoms with van der Waals surface area (Å²) < 4.78 is 21.8. The molecule has 0 radical (unpaired) electrons. The summed E-state index contributed by atoms with van der Waals surface area (Å²) in [6, 6.07) is 11.7. The molecule has 0 heterocycles. The molecule has 29 heavy (non-hydrogen) atoms. The average Bonchev–Trinajstić information content (AvgIpc) is 2.78. The van der Waals surface area contributed by atoms with Gasteiger partial charge in [-0.25, -0.2) is 0 Å². The van der Waals surface area contributed by atoms with Crippen LogP contribution in [-0.2, 0) is 0 Å². The van der Waals surface area contributed by atoms with E-state index in [2.05, 4.69) is 12.1 Å². The molecule has 0 amide bonds. The fraction of sp³-hybridized carbons (Fsp3) is 0.458. The zero-order valence-electron chi connectivity index (χ0n) is 17.7. The van der Waals surface area contributed by atoms with E-state index in [1.807, 2.05) is 19.1 Å². The topological polar surface area (TPSA) is 54.0 Å². The molecule has 1 aliphatic rings. The molecule has 0 spiro atoms. The highest BCUT2D eigenvalue weighted by Crippen LogP contribution is 2.43. The second-order valence-corrected chi connectivity index (χ2v) is 7.28. The highest BCUT2D eigenvalue weighted by molar-refractivity contribution is 5.99. The van der Waals surface area contributed by atoms with Crippen LogP contribution in [0.1, 0.15) is 54.4 Å². The minimum absolute atomic E-state index is 0.0653. The Morgan fingerprint density at radius 3 is 2.10 bits per heavy atom. The van der Waals surface area contributed by atoms with Gasteiger partial charge in [0.1, 0.15) is 5.75 Å². The first kappa shape index (κ1) is 21.0. The quantitative estimate of drug-likeness (QED) is 0.567. The van der Waals surface area contributed by atoms with E-state index in [0.717, 1.165) is 31.4 Å². The number of methoxy groups -OCH3 is 3. The fourth-order valence-electron chi connectivity index (χ4n) is 4.26. The van der Waals surface area contributed by atoms with E-state index in [1.54, 1.807) is 33.5 Å². The van der Waals surface area contributed by atoms with E-state index in [1.165, 1.54) is 5.56 Å². The van der Waals surface area contributed by atoms with Gasteiger partial charge in [-0.15, -0.1) is 0 Å². The minimum Gasteiger partial charge on any atom is -0.494 e. The van der Waals surface area contributed by atoms with Gasteiger partial charge in [0, 0.05) is 11.5 Å². The van der Waals surface area contributed by atoms with Crippen LogP contribution in [-0.4, -0.2) is 33.7 Å². The molecule has 2 unspecified atom stereocenters. The number of carbonyl (C=O) groups excluding carboxylic acids is 1. The molecule has 1 fully saturated rings. The van der Waals surface area contributed by atoms with E-state index >= 15 is 0 Å². The third-order valence-corrected chi connectivity index (χ3v) is 5.67. The fourth-order valence-corrected chi connectivity index (χ4v) is 4.26. The summed E-state index contributed by atoms with van der Waals surface area (Å²) >= 11 is 0. The lowest BCUT2D eigenvalue weighted by atomic mass is 9.72. The summed E-state index contributed by atoms with van der Waals surface area (Å²) in [5.41, 5.74) is 1.79. The predicted molar refractivity (Wildman–Crippen MR) is 113 cm³/mol. The molecule has 0 aromatic heterocycles. The first-order valence-corrected chi connectivity index (χ1v) is 10.2. The van der Waals surface area contributed by atoms with E-state index < -0.39 is 0 Å². The summed E-state index contributed by atoms with van der Waals surface area (Å²) in [5.74, 6) is 2.63. The highest BCUT2D eigenvalue weighted by Gasteiger charge is 2.33. The molecule has 5 nitrogen and oxygen atoms in total. The van der Waals surface area contributed by atoms with Gasteiger partial charge >= 0.3 is 0 Å². The standard InChI is InChI=1S/C24H30O5/c1-5-29-18-12-10-16(11-13-18)19-8-6-7-9-20(19)23(25)17-14-21(26-2)24(28-4)22(15-17)27-3/h10-15,19-20H,5-9H2,1-4H3. The molecule has 0 N–H and O–H groups in total. The Bertz CT molecular complexity index is 803. The number of hydrogen-bond donors (Lipinski definition) is 0. The largest absolute Gasteiger partial charge is 0.494 e. The van der Waals surface area contributed by atoms with Crippen LogP contribution in [0.15, 0.2) is 36.4 Å². The monoisotopic (exact) mass is 398 g/mol. The summed E-state index contributed by atoms with van der Waals surface area (Å²) in [5, 5.41) is 0. The molecule has 2 atom stereocenters. The Morgan fingerprint density at radius 1 is 0.931 bits per heavy atom. The van der Waals surface area contributed by atoms with Gasteiger partial charge in [0.25, 0.3) is 0 Å². The summed E-state index contributed by atoms with van der Waals surface area (Å²) in [6.45, 7) is 2.62. The van der Waals surface area contributed by atoms with Crippen molar-refractivity contribution < 1.29 is 23.7 Å².